The first-order valence-electron chi connectivity index (χ1n) is 8.15. The molecule has 1 aliphatic rings. The predicted molar refractivity (Wildman–Crippen MR) is 101 cm³/mol. The maximum Gasteiger partial charge on any atom is 0.269 e. The molecule has 140 valence electrons. The summed E-state index contributed by atoms with van der Waals surface area (Å²) in [6.07, 6.45) is 0.703. The van der Waals surface area contributed by atoms with Crippen molar-refractivity contribution in [1.82, 2.24) is 0 Å². The van der Waals surface area contributed by atoms with Gasteiger partial charge in [0.15, 0.2) is 11.5 Å². The average Bonchev–Trinajstić information content (AvgIpc) is 2.83. The molecule has 0 saturated heterocycles. The Kier molecular flexibility index (Phi) is 5.20. The number of nitro groups is 1. The molecule has 2 N–H and O–H groups in total. The molecule has 0 fully saturated rings. The number of amides is 1. The summed E-state index contributed by atoms with van der Waals surface area (Å²) >= 11 is 0. The number of nitrogens with one attached hydrogen (secondary N) is 2. The molecule has 0 bridgehead atoms. The number of non-ortho nitro benzene ring substituents is 1. The molecule has 0 spiro atoms. The molecule has 0 aromatic heterocycles. The number of methoxy groups -OCH3 is 2. The van der Waals surface area contributed by atoms with Crippen molar-refractivity contribution >= 4 is 28.7 Å². The molecular weight excluding hydrogens is 352 g/mol. The zero-order valence-corrected chi connectivity index (χ0v) is 14.8. The van der Waals surface area contributed by atoms with Gasteiger partial charge in [-0.05, 0) is 18.2 Å². The molecule has 3 rings (SSSR count). The van der Waals surface area contributed by atoms with Crippen LogP contribution in [0.3, 0.4) is 0 Å². The molecule has 0 aliphatic carbocycles. The minimum atomic E-state index is -0.464. The number of anilines is 2. The van der Waals surface area contributed by atoms with Crippen molar-refractivity contribution in [3.63, 3.8) is 0 Å². The van der Waals surface area contributed by atoms with Crippen molar-refractivity contribution in [2.45, 2.75) is 12.8 Å². The maximum absolute atomic E-state index is 12.0. The fraction of sp³-hybridized carbons (Fsp3) is 0.222. The Labute approximate surface area is 155 Å². The number of hydrogen-bond acceptors (Lipinski definition) is 7. The summed E-state index contributed by atoms with van der Waals surface area (Å²) in [5.74, 6) is 0.903. The summed E-state index contributed by atoms with van der Waals surface area (Å²) in [6.45, 7) is 0. The first-order chi connectivity index (χ1) is 13.0. The number of hydrazone groups is 1. The van der Waals surface area contributed by atoms with Crippen LogP contribution in [-0.2, 0) is 4.79 Å². The van der Waals surface area contributed by atoms with Crippen LogP contribution in [0.4, 0.5) is 17.1 Å². The molecular formula is C18H18N4O5. The SMILES string of the molecule is COc1cc2c(cc1OC)C(=NNc1ccc([N+](=O)[O-])cc1)CCC(=O)N2. The number of nitrogens with zero attached hydrogens (tertiary/aromatic N) is 2. The predicted octanol–water partition coefficient (Wildman–Crippen LogP) is 3.16. The van der Waals surface area contributed by atoms with Crippen molar-refractivity contribution in [2.75, 3.05) is 25.0 Å². The lowest BCUT2D eigenvalue weighted by atomic mass is 10.0. The van der Waals surface area contributed by atoms with Gasteiger partial charge < -0.3 is 14.8 Å². The van der Waals surface area contributed by atoms with E-state index in [9.17, 15) is 14.9 Å². The fourth-order valence-corrected chi connectivity index (χ4v) is 2.71. The molecule has 27 heavy (non-hydrogen) atoms. The van der Waals surface area contributed by atoms with Gasteiger partial charge >= 0.3 is 0 Å². The third-order valence-electron chi connectivity index (χ3n) is 4.10. The topological polar surface area (TPSA) is 115 Å². The molecule has 1 heterocycles. The second-order valence-corrected chi connectivity index (χ2v) is 5.78. The summed E-state index contributed by atoms with van der Waals surface area (Å²) in [7, 11) is 3.05. The highest BCUT2D eigenvalue weighted by Gasteiger charge is 2.21. The Morgan fingerprint density at radius 3 is 2.41 bits per heavy atom. The Balaban J connectivity index is 1.94. The second-order valence-electron chi connectivity index (χ2n) is 5.78. The smallest absolute Gasteiger partial charge is 0.269 e. The molecule has 1 aliphatic heterocycles. The van der Waals surface area contributed by atoms with Crippen LogP contribution in [0, 0.1) is 10.1 Å². The van der Waals surface area contributed by atoms with E-state index in [1.165, 1.54) is 26.4 Å². The zero-order valence-electron chi connectivity index (χ0n) is 14.8. The Bertz CT molecular complexity index is 909. The zero-order chi connectivity index (χ0) is 19.4. The van der Waals surface area contributed by atoms with Gasteiger partial charge in [-0.1, -0.05) is 0 Å². The van der Waals surface area contributed by atoms with Crippen LogP contribution in [0.5, 0.6) is 11.5 Å². The van der Waals surface area contributed by atoms with E-state index in [2.05, 4.69) is 15.8 Å². The van der Waals surface area contributed by atoms with Gasteiger partial charge in [-0.3, -0.25) is 20.3 Å². The first kappa shape index (κ1) is 18.2. The number of carbonyl (C=O) groups is 1. The van der Waals surface area contributed by atoms with Gasteiger partial charge in [0.05, 0.1) is 36.2 Å². The van der Waals surface area contributed by atoms with E-state index < -0.39 is 4.92 Å². The number of rotatable bonds is 5. The van der Waals surface area contributed by atoms with Crippen LogP contribution < -0.4 is 20.2 Å². The van der Waals surface area contributed by atoms with Crippen molar-refractivity contribution in [3.05, 3.63) is 52.1 Å². The number of benzene rings is 2. The highest BCUT2D eigenvalue weighted by Crippen LogP contribution is 2.35. The molecule has 0 unspecified atom stereocenters. The van der Waals surface area contributed by atoms with E-state index >= 15 is 0 Å². The van der Waals surface area contributed by atoms with Crippen LogP contribution in [0.25, 0.3) is 0 Å². The lowest BCUT2D eigenvalue weighted by Crippen LogP contribution is -2.09. The molecule has 2 aromatic carbocycles. The number of ether oxygens (including phenoxy) is 2. The number of nitro benzene ring substituents is 1. The van der Waals surface area contributed by atoms with E-state index in [1.807, 2.05) is 0 Å². The monoisotopic (exact) mass is 370 g/mol. The number of fused-ring (bicyclic) bond motifs is 1. The molecule has 9 heteroatoms. The van der Waals surface area contributed by atoms with Crippen LogP contribution in [-0.4, -0.2) is 30.8 Å². The van der Waals surface area contributed by atoms with E-state index in [1.54, 1.807) is 24.3 Å². The van der Waals surface area contributed by atoms with Gasteiger partial charge in [-0.25, -0.2) is 0 Å². The van der Waals surface area contributed by atoms with Gasteiger partial charge in [0.1, 0.15) is 0 Å². The fourth-order valence-electron chi connectivity index (χ4n) is 2.71. The summed E-state index contributed by atoms with van der Waals surface area (Å²) in [6, 6.07) is 9.37. The average molecular weight is 370 g/mol. The number of hydrogen-bond donors (Lipinski definition) is 2. The van der Waals surface area contributed by atoms with Gasteiger partial charge in [-0.15, -0.1) is 0 Å². The Morgan fingerprint density at radius 1 is 1.11 bits per heavy atom. The lowest BCUT2D eigenvalue weighted by molar-refractivity contribution is -0.384. The normalized spacial score (nSPS) is 14.7. The minimum absolute atomic E-state index is 0.000330. The van der Waals surface area contributed by atoms with E-state index in [-0.39, 0.29) is 18.0 Å². The Hall–Kier alpha value is -3.62. The summed E-state index contributed by atoms with van der Waals surface area (Å²) in [5, 5.41) is 18.0. The highest BCUT2D eigenvalue weighted by molar-refractivity contribution is 6.12. The third-order valence-corrected chi connectivity index (χ3v) is 4.10. The van der Waals surface area contributed by atoms with Crippen molar-refractivity contribution in [3.8, 4) is 11.5 Å². The van der Waals surface area contributed by atoms with Crippen LogP contribution in [0.1, 0.15) is 18.4 Å². The van der Waals surface area contributed by atoms with Crippen molar-refractivity contribution in [2.24, 2.45) is 5.10 Å². The largest absolute Gasteiger partial charge is 0.493 e. The van der Waals surface area contributed by atoms with Crippen molar-refractivity contribution < 1.29 is 19.2 Å². The second kappa shape index (κ2) is 7.73. The quantitative estimate of drug-likeness (QED) is 0.617. The first-order valence-corrected chi connectivity index (χ1v) is 8.15. The van der Waals surface area contributed by atoms with Gasteiger partial charge in [-0.2, -0.15) is 5.10 Å². The lowest BCUT2D eigenvalue weighted by Gasteiger charge is -2.14. The molecule has 1 amide bonds. The van der Waals surface area contributed by atoms with E-state index in [0.29, 0.717) is 40.6 Å². The van der Waals surface area contributed by atoms with Gasteiger partial charge in [0.25, 0.3) is 5.69 Å². The summed E-state index contributed by atoms with van der Waals surface area (Å²) in [5.41, 5.74) is 5.43. The third kappa shape index (κ3) is 3.97. The van der Waals surface area contributed by atoms with Crippen LogP contribution in [0.15, 0.2) is 41.5 Å². The number of carbonyl (C=O) groups excluding carboxylic acids is 1. The summed E-state index contributed by atoms with van der Waals surface area (Å²) < 4.78 is 10.6. The molecule has 0 atom stereocenters. The molecule has 0 radical (unpaired) electrons. The highest BCUT2D eigenvalue weighted by atomic mass is 16.6. The minimum Gasteiger partial charge on any atom is -0.493 e. The maximum atomic E-state index is 12.0. The molecule has 2 aromatic rings. The van der Waals surface area contributed by atoms with E-state index in [4.69, 9.17) is 9.47 Å². The van der Waals surface area contributed by atoms with Gasteiger partial charge in [0, 0.05) is 36.6 Å². The van der Waals surface area contributed by atoms with Crippen molar-refractivity contribution in [1.29, 1.82) is 0 Å². The molecule has 9 nitrogen and oxygen atoms in total. The Morgan fingerprint density at radius 2 is 1.78 bits per heavy atom. The molecule has 0 saturated carbocycles. The van der Waals surface area contributed by atoms with Crippen LogP contribution >= 0.6 is 0 Å². The van der Waals surface area contributed by atoms with E-state index in [0.717, 1.165) is 0 Å². The standard InChI is InChI=1S/C18H18N4O5/c1-26-16-9-13-14(7-8-18(23)19-15(13)10-17(16)27-2)21-20-11-3-5-12(6-4-11)22(24)25/h3-6,9-10,20H,7-8H2,1-2H3,(H,19,23). The van der Waals surface area contributed by atoms with Gasteiger partial charge in [0.2, 0.25) is 5.91 Å². The summed E-state index contributed by atoms with van der Waals surface area (Å²) in [4.78, 5) is 22.3. The van der Waals surface area contributed by atoms with Crippen LogP contribution in [0.2, 0.25) is 0 Å².